The molecule has 1 aliphatic carbocycles. The van der Waals surface area contributed by atoms with Crippen LogP contribution in [0.2, 0.25) is 0 Å². The third-order valence-corrected chi connectivity index (χ3v) is 5.08. The van der Waals surface area contributed by atoms with Gasteiger partial charge in [-0.2, -0.15) is 0 Å². The van der Waals surface area contributed by atoms with Crippen LogP contribution in [0.5, 0.6) is 0 Å². The fourth-order valence-corrected chi connectivity index (χ4v) is 3.51. The maximum absolute atomic E-state index is 11.5. The molecule has 0 heterocycles. The van der Waals surface area contributed by atoms with Crippen molar-refractivity contribution >= 4 is 40.0 Å². The van der Waals surface area contributed by atoms with Gasteiger partial charge in [-0.1, -0.05) is 19.8 Å². The topological polar surface area (TPSA) is 73.8 Å². The van der Waals surface area contributed by atoms with E-state index in [0.29, 0.717) is 25.7 Å². The lowest BCUT2D eigenvalue weighted by molar-refractivity contribution is 0.427. The lowest BCUT2D eigenvalue weighted by atomic mass is 10.2. The first-order valence-electron chi connectivity index (χ1n) is 7.97. The van der Waals surface area contributed by atoms with E-state index in [4.69, 9.17) is 0 Å². The average Bonchev–Trinajstić information content (AvgIpc) is 2.90. The number of halogens is 1. The van der Waals surface area contributed by atoms with E-state index in [0.717, 1.165) is 18.9 Å². The molecule has 0 aromatic heterocycles. The summed E-state index contributed by atoms with van der Waals surface area (Å²) in [6.07, 6.45) is 6.99. The Kier molecular flexibility index (Phi) is 11.4. The van der Waals surface area contributed by atoms with Crippen molar-refractivity contribution < 1.29 is 8.42 Å². The second-order valence-electron chi connectivity index (χ2n) is 5.49. The molecule has 0 aliphatic heterocycles. The van der Waals surface area contributed by atoms with E-state index in [1.165, 1.54) is 36.2 Å². The summed E-state index contributed by atoms with van der Waals surface area (Å²) in [6.45, 7) is 6.42. The number of nitrogens with zero attached hydrogens (tertiary/aromatic N) is 2. The highest BCUT2D eigenvalue weighted by Crippen LogP contribution is 2.17. The first kappa shape index (κ1) is 21.9. The van der Waals surface area contributed by atoms with Gasteiger partial charge in [0, 0.05) is 32.2 Å². The van der Waals surface area contributed by atoms with Gasteiger partial charge < -0.3 is 10.6 Å². The maximum atomic E-state index is 11.5. The van der Waals surface area contributed by atoms with Crippen molar-refractivity contribution in [3.05, 3.63) is 0 Å². The highest BCUT2D eigenvalue weighted by atomic mass is 127. The number of hydrogen-bond donors (Lipinski definition) is 2. The highest BCUT2D eigenvalue weighted by Gasteiger charge is 2.16. The minimum absolute atomic E-state index is 0. The van der Waals surface area contributed by atoms with Crippen LogP contribution in [0.1, 0.15) is 46.0 Å². The summed E-state index contributed by atoms with van der Waals surface area (Å²) in [5.41, 5.74) is 0. The summed E-state index contributed by atoms with van der Waals surface area (Å²) in [5.74, 6) is 0.854. The molecular weight excluding hydrogens is 415 g/mol. The van der Waals surface area contributed by atoms with Gasteiger partial charge in [-0.3, -0.25) is 4.99 Å². The van der Waals surface area contributed by atoms with Gasteiger partial charge in [0.15, 0.2) is 5.96 Å². The smallest absolute Gasteiger partial charge is 0.211 e. The van der Waals surface area contributed by atoms with Gasteiger partial charge >= 0.3 is 0 Å². The Morgan fingerprint density at radius 2 is 1.91 bits per heavy atom. The molecule has 22 heavy (non-hydrogen) atoms. The minimum atomic E-state index is -3.09. The molecule has 2 N–H and O–H groups in total. The largest absolute Gasteiger partial charge is 0.357 e. The van der Waals surface area contributed by atoms with Gasteiger partial charge in [0.2, 0.25) is 10.0 Å². The minimum Gasteiger partial charge on any atom is -0.357 e. The molecule has 0 unspecified atom stereocenters. The van der Waals surface area contributed by atoms with Crippen LogP contribution in [-0.4, -0.2) is 57.2 Å². The summed E-state index contributed by atoms with van der Waals surface area (Å²) in [6, 6.07) is 0.533. The number of rotatable bonds is 8. The van der Waals surface area contributed by atoms with Crippen LogP contribution < -0.4 is 10.6 Å². The van der Waals surface area contributed by atoms with Crippen LogP contribution in [0, 0.1) is 0 Å². The molecular formula is C14H31IN4O2S. The van der Waals surface area contributed by atoms with Crippen LogP contribution in [0.3, 0.4) is 0 Å². The molecule has 0 radical (unpaired) electrons. The van der Waals surface area contributed by atoms with Crippen LogP contribution in [-0.2, 0) is 10.0 Å². The Labute approximate surface area is 152 Å². The third kappa shape index (κ3) is 8.52. The maximum Gasteiger partial charge on any atom is 0.211 e. The number of sulfonamides is 1. The number of guanidine groups is 1. The molecule has 8 heteroatoms. The zero-order chi connectivity index (χ0) is 15.7. The second kappa shape index (κ2) is 11.4. The van der Waals surface area contributed by atoms with E-state index in [9.17, 15) is 8.42 Å². The molecule has 1 fully saturated rings. The normalized spacial score (nSPS) is 16.6. The van der Waals surface area contributed by atoms with Crippen molar-refractivity contribution in [1.29, 1.82) is 0 Å². The zero-order valence-corrected chi connectivity index (χ0v) is 17.1. The van der Waals surface area contributed by atoms with Crippen molar-refractivity contribution in [3.8, 4) is 0 Å². The van der Waals surface area contributed by atoms with Crippen LogP contribution >= 0.6 is 24.0 Å². The molecule has 0 atom stereocenters. The van der Waals surface area contributed by atoms with Gasteiger partial charge in [-0.15, -0.1) is 24.0 Å². The molecule has 1 aliphatic rings. The second-order valence-corrected chi connectivity index (χ2v) is 7.48. The van der Waals surface area contributed by atoms with E-state index in [1.807, 2.05) is 13.8 Å². The Balaban J connectivity index is 0.00000441. The van der Waals surface area contributed by atoms with Crippen molar-refractivity contribution in [2.75, 3.05) is 32.4 Å². The van der Waals surface area contributed by atoms with E-state index >= 15 is 0 Å². The lowest BCUT2D eigenvalue weighted by Crippen LogP contribution is -2.42. The van der Waals surface area contributed by atoms with Gasteiger partial charge in [0.05, 0.1) is 6.26 Å². The summed E-state index contributed by atoms with van der Waals surface area (Å²) in [7, 11) is -3.09. The predicted octanol–water partition coefficient (Wildman–Crippen LogP) is 1.77. The molecule has 1 rings (SSSR count). The molecule has 0 spiro atoms. The van der Waals surface area contributed by atoms with Crippen LogP contribution in [0.4, 0.5) is 0 Å². The number of nitrogens with one attached hydrogen (secondary N) is 2. The van der Waals surface area contributed by atoms with Crippen LogP contribution in [0.25, 0.3) is 0 Å². The molecule has 0 aromatic rings. The van der Waals surface area contributed by atoms with E-state index in [2.05, 4.69) is 15.6 Å². The Hall–Kier alpha value is -0.0900. The number of hydrogen-bond acceptors (Lipinski definition) is 3. The third-order valence-electron chi connectivity index (χ3n) is 3.70. The fraction of sp³-hybridized carbons (Fsp3) is 0.929. The summed E-state index contributed by atoms with van der Waals surface area (Å²) in [4.78, 5) is 4.54. The lowest BCUT2D eigenvalue weighted by Gasteiger charge is -2.18. The first-order valence-corrected chi connectivity index (χ1v) is 9.82. The van der Waals surface area contributed by atoms with Crippen molar-refractivity contribution in [2.24, 2.45) is 4.99 Å². The standard InChI is InChI=1S/C14H30N4O2S.HI/c1-4-15-14(17-13-9-6-7-10-13)16-11-8-12-18(5-2)21(3,19)20;/h13H,4-12H2,1-3H3,(H2,15,16,17);1H. The summed E-state index contributed by atoms with van der Waals surface area (Å²) >= 11 is 0. The zero-order valence-electron chi connectivity index (χ0n) is 14.0. The monoisotopic (exact) mass is 446 g/mol. The van der Waals surface area contributed by atoms with Gasteiger partial charge in [0.1, 0.15) is 0 Å². The SMILES string of the molecule is CCNC(=NCCCN(CC)S(C)(=O)=O)NC1CCCC1.I. The van der Waals surface area contributed by atoms with Gasteiger partial charge in [-0.05, 0) is 26.2 Å². The summed E-state index contributed by atoms with van der Waals surface area (Å²) in [5, 5.41) is 6.71. The average molecular weight is 446 g/mol. The van der Waals surface area contributed by atoms with E-state index in [-0.39, 0.29) is 24.0 Å². The molecule has 1 saturated carbocycles. The molecule has 132 valence electrons. The Morgan fingerprint density at radius 1 is 1.27 bits per heavy atom. The van der Waals surface area contributed by atoms with Crippen molar-refractivity contribution in [1.82, 2.24) is 14.9 Å². The van der Waals surface area contributed by atoms with Crippen molar-refractivity contribution in [3.63, 3.8) is 0 Å². The quantitative estimate of drug-likeness (QED) is 0.258. The predicted molar refractivity (Wildman–Crippen MR) is 103 cm³/mol. The Morgan fingerprint density at radius 3 is 2.41 bits per heavy atom. The van der Waals surface area contributed by atoms with E-state index in [1.54, 1.807) is 0 Å². The fourth-order valence-electron chi connectivity index (χ4n) is 2.58. The van der Waals surface area contributed by atoms with Crippen LogP contribution in [0.15, 0.2) is 4.99 Å². The molecule has 0 saturated heterocycles. The Bertz CT molecular complexity index is 423. The molecule has 0 amide bonds. The van der Waals surface area contributed by atoms with Gasteiger partial charge in [0.25, 0.3) is 0 Å². The molecule has 0 bridgehead atoms. The molecule has 0 aromatic carbocycles. The van der Waals surface area contributed by atoms with Gasteiger partial charge in [-0.25, -0.2) is 12.7 Å². The van der Waals surface area contributed by atoms with E-state index < -0.39 is 10.0 Å². The highest BCUT2D eigenvalue weighted by molar-refractivity contribution is 14.0. The van der Waals surface area contributed by atoms with Crippen molar-refractivity contribution in [2.45, 2.75) is 52.0 Å². The summed E-state index contributed by atoms with van der Waals surface area (Å²) < 4.78 is 24.5. The first-order chi connectivity index (χ1) is 9.97. The number of aliphatic imine (C=N–C) groups is 1. The molecule has 6 nitrogen and oxygen atoms in total.